The molecule has 0 fully saturated rings. The van der Waals surface area contributed by atoms with Gasteiger partial charge in [0.1, 0.15) is 11.5 Å². The average Bonchev–Trinajstić information content (AvgIpc) is 2.74. The predicted octanol–water partition coefficient (Wildman–Crippen LogP) is 4.36. The zero-order valence-corrected chi connectivity index (χ0v) is 18.5. The molecule has 0 spiro atoms. The molecule has 1 heterocycles. The SMILES string of the molecule is CS(=O)(=O)Nc1cc(N2CCc3cc(-c4ccc(C(F)(F)F)cc4)cc(O)c3C2=O)ccc1O. The van der Waals surface area contributed by atoms with E-state index in [9.17, 15) is 36.6 Å². The van der Waals surface area contributed by atoms with Crippen LogP contribution in [0.15, 0.2) is 54.6 Å². The Hall–Kier alpha value is -3.73. The lowest BCUT2D eigenvalue weighted by molar-refractivity contribution is -0.137. The van der Waals surface area contributed by atoms with Crippen LogP contribution in [-0.2, 0) is 22.6 Å². The van der Waals surface area contributed by atoms with Gasteiger partial charge < -0.3 is 15.1 Å². The van der Waals surface area contributed by atoms with Gasteiger partial charge in [-0.3, -0.25) is 9.52 Å². The van der Waals surface area contributed by atoms with Gasteiger partial charge >= 0.3 is 6.18 Å². The van der Waals surface area contributed by atoms with Gasteiger partial charge in [0, 0.05) is 12.2 Å². The highest BCUT2D eigenvalue weighted by Gasteiger charge is 2.31. The third-order valence-corrected chi connectivity index (χ3v) is 5.99. The number of alkyl halides is 3. The van der Waals surface area contributed by atoms with Crippen molar-refractivity contribution < 1.29 is 36.6 Å². The minimum atomic E-state index is -4.46. The molecule has 0 aliphatic carbocycles. The minimum absolute atomic E-state index is 0.0487. The average molecular weight is 492 g/mol. The zero-order chi connectivity index (χ0) is 24.8. The van der Waals surface area contributed by atoms with Crippen LogP contribution in [0, 0.1) is 0 Å². The molecule has 1 amide bonds. The van der Waals surface area contributed by atoms with Gasteiger partial charge in [-0.2, -0.15) is 13.2 Å². The Morgan fingerprint density at radius 3 is 2.24 bits per heavy atom. The van der Waals surface area contributed by atoms with Crippen molar-refractivity contribution in [2.24, 2.45) is 0 Å². The number of nitrogens with one attached hydrogen (secondary N) is 1. The number of aromatic hydroxyl groups is 2. The molecule has 11 heteroatoms. The number of sulfonamides is 1. The molecule has 7 nitrogen and oxygen atoms in total. The van der Waals surface area contributed by atoms with Crippen molar-refractivity contribution in [3.8, 4) is 22.6 Å². The number of phenolic OH excluding ortho intramolecular Hbond substituents is 2. The number of carbonyl (C=O) groups excluding carboxylic acids is 1. The molecule has 0 radical (unpaired) electrons. The van der Waals surface area contributed by atoms with Crippen molar-refractivity contribution in [2.75, 3.05) is 22.4 Å². The quantitative estimate of drug-likeness (QED) is 0.470. The first-order valence-electron chi connectivity index (χ1n) is 10.00. The summed E-state index contributed by atoms with van der Waals surface area (Å²) in [5.41, 5.74) is 0.928. The summed E-state index contributed by atoms with van der Waals surface area (Å²) < 4.78 is 63.7. The molecule has 3 N–H and O–H groups in total. The Morgan fingerprint density at radius 2 is 1.62 bits per heavy atom. The third kappa shape index (κ3) is 4.65. The van der Waals surface area contributed by atoms with Crippen LogP contribution >= 0.6 is 0 Å². The lowest BCUT2D eigenvalue weighted by Gasteiger charge is -2.30. The normalized spacial score (nSPS) is 14.1. The summed E-state index contributed by atoms with van der Waals surface area (Å²) in [6.07, 6.45) is -3.20. The van der Waals surface area contributed by atoms with Crippen LogP contribution in [0.25, 0.3) is 11.1 Å². The number of hydrogen-bond donors (Lipinski definition) is 3. The smallest absolute Gasteiger partial charge is 0.416 e. The third-order valence-electron chi connectivity index (χ3n) is 5.40. The fraction of sp³-hybridized carbons (Fsp3) is 0.174. The first-order valence-corrected chi connectivity index (χ1v) is 11.9. The molecule has 0 unspecified atom stereocenters. The van der Waals surface area contributed by atoms with E-state index in [4.69, 9.17) is 0 Å². The molecule has 3 aromatic carbocycles. The summed E-state index contributed by atoms with van der Waals surface area (Å²) >= 11 is 0. The first-order chi connectivity index (χ1) is 15.8. The summed E-state index contributed by atoms with van der Waals surface area (Å²) in [5.74, 6) is -1.17. The molecule has 34 heavy (non-hydrogen) atoms. The number of halogens is 3. The van der Waals surface area contributed by atoms with Gasteiger partial charge in [0.2, 0.25) is 10.0 Å². The number of hydrogen-bond acceptors (Lipinski definition) is 5. The van der Waals surface area contributed by atoms with Gasteiger partial charge in [-0.25, -0.2) is 8.42 Å². The molecule has 1 aliphatic rings. The number of amides is 1. The molecule has 3 aromatic rings. The Balaban J connectivity index is 1.66. The second-order valence-electron chi connectivity index (χ2n) is 7.89. The highest BCUT2D eigenvalue weighted by atomic mass is 32.2. The maximum absolute atomic E-state index is 13.2. The van der Waals surface area contributed by atoms with E-state index in [2.05, 4.69) is 4.72 Å². The van der Waals surface area contributed by atoms with E-state index in [0.29, 0.717) is 28.8 Å². The Bertz CT molecular complexity index is 1390. The largest absolute Gasteiger partial charge is 0.507 e. The van der Waals surface area contributed by atoms with E-state index in [-0.39, 0.29) is 29.3 Å². The molecular weight excluding hydrogens is 473 g/mol. The van der Waals surface area contributed by atoms with Crippen LogP contribution in [0.4, 0.5) is 24.5 Å². The molecule has 0 aromatic heterocycles. The van der Waals surface area contributed by atoms with Crippen molar-refractivity contribution in [1.82, 2.24) is 0 Å². The lowest BCUT2D eigenvalue weighted by Crippen LogP contribution is -2.37. The maximum atomic E-state index is 13.2. The summed E-state index contributed by atoms with van der Waals surface area (Å²) in [7, 11) is -3.67. The molecule has 178 valence electrons. The van der Waals surface area contributed by atoms with Gasteiger partial charge in [-0.05, 0) is 59.5 Å². The Kier molecular flexibility index (Phi) is 5.68. The van der Waals surface area contributed by atoms with E-state index in [1.54, 1.807) is 6.07 Å². The summed E-state index contributed by atoms with van der Waals surface area (Å²) in [6.45, 7) is 0.199. The highest BCUT2D eigenvalue weighted by molar-refractivity contribution is 7.92. The number of rotatable bonds is 4. The van der Waals surface area contributed by atoms with Crippen LogP contribution in [0.2, 0.25) is 0 Å². The van der Waals surface area contributed by atoms with Crippen molar-refractivity contribution in [1.29, 1.82) is 0 Å². The fourth-order valence-corrected chi connectivity index (χ4v) is 4.40. The van der Waals surface area contributed by atoms with Crippen molar-refractivity contribution >= 4 is 27.3 Å². The molecule has 4 rings (SSSR count). The van der Waals surface area contributed by atoms with E-state index in [1.165, 1.54) is 41.3 Å². The molecule has 0 saturated carbocycles. The summed E-state index contributed by atoms with van der Waals surface area (Å²) in [4.78, 5) is 14.5. The maximum Gasteiger partial charge on any atom is 0.416 e. The number of nitrogens with zero attached hydrogens (tertiary/aromatic N) is 1. The number of anilines is 2. The zero-order valence-electron chi connectivity index (χ0n) is 17.7. The Morgan fingerprint density at radius 1 is 0.941 bits per heavy atom. The predicted molar refractivity (Wildman–Crippen MR) is 120 cm³/mol. The second kappa shape index (κ2) is 8.24. The summed E-state index contributed by atoms with van der Waals surface area (Å²) in [5, 5.41) is 20.5. The van der Waals surface area contributed by atoms with Gasteiger partial charge in [-0.1, -0.05) is 18.2 Å². The van der Waals surface area contributed by atoms with Gasteiger partial charge in [0.25, 0.3) is 5.91 Å². The molecule has 0 atom stereocenters. The van der Waals surface area contributed by atoms with E-state index < -0.39 is 27.7 Å². The van der Waals surface area contributed by atoms with Gasteiger partial charge in [0.05, 0.1) is 23.1 Å². The van der Waals surface area contributed by atoms with Crippen LogP contribution < -0.4 is 9.62 Å². The number of fused-ring (bicyclic) bond motifs is 1. The molecular formula is C23H19F3N2O5S. The standard InChI is InChI=1S/C23H19F3N2O5S/c1-34(32,33)27-18-12-17(6-7-19(18)29)28-9-8-14-10-15(11-20(30)21(14)22(28)31)13-2-4-16(5-3-13)23(24,25)26/h2-7,10-12,27,29-30H,8-9H2,1H3. The van der Waals surface area contributed by atoms with Crippen LogP contribution in [0.3, 0.4) is 0 Å². The van der Waals surface area contributed by atoms with E-state index >= 15 is 0 Å². The second-order valence-corrected chi connectivity index (χ2v) is 9.64. The first kappa shape index (κ1) is 23.4. The summed E-state index contributed by atoms with van der Waals surface area (Å²) in [6, 6.07) is 11.5. The van der Waals surface area contributed by atoms with Gasteiger partial charge in [-0.15, -0.1) is 0 Å². The number of phenols is 2. The van der Waals surface area contributed by atoms with E-state index in [1.807, 2.05) is 0 Å². The van der Waals surface area contributed by atoms with Crippen LogP contribution in [-0.4, -0.2) is 37.3 Å². The highest BCUT2D eigenvalue weighted by Crippen LogP contribution is 2.37. The van der Waals surface area contributed by atoms with Crippen molar-refractivity contribution in [3.63, 3.8) is 0 Å². The van der Waals surface area contributed by atoms with Crippen LogP contribution in [0.1, 0.15) is 21.5 Å². The monoisotopic (exact) mass is 492 g/mol. The fourth-order valence-electron chi connectivity index (χ4n) is 3.84. The van der Waals surface area contributed by atoms with E-state index in [0.717, 1.165) is 18.4 Å². The lowest BCUT2D eigenvalue weighted by atomic mass is 9.92. The molecule has 1 aliphatic heterocycles. The number of benzene rings is 3. The van der Waals surface area contributed by atoms with Crippen LogP contribution in [0.5, 0.6) is 11.5 Å². The molecule has 0 saturated heterocycles. The molecule has 0 bridgehead atoms. The van der Waals surface area contributed by atoms with Crippen molar-refractivity contribution in [2.45, 2.75) is 12.6 Å². The topological polar surface area (TPSA) is 107 Å². The Labute approximate surface area is 193 Å². The number of carbonyl (C=O) groups is 1. The van der Waals surface area contributed by atoms with Gasteiger partial charge in [0.15, 0.2) is 0 Å². The minimum Gasteiger partial charge on any atom is -0.507 e. The van der Waals surface area contributed by atoms with Crippen molar-refractivity contribution in [3.05, 3.63) is 71.3 Å².